The zero-order valence-electron chi connectivity index (χ0n) is 13.0. The number of methoxy groups -OCH3 is 1. The van der Waals surface area contributed by atoms with Crippen molar-refractivity contribution in [1.29, 1.82) is 0 Å². The van der Waals surface area contributed by atoms with E-state index >= 15 is 0 Å². The fraction of sp³-hybridized carbons (Fsp3) is 0.647. The number of carbonyl (C=O) groups is 1. The lowest BCUT2D eigenvalue weighted by Crippen LogP contribution is -2.43. The van der Waals surface area contributed by atoms with Crippen LogP contribution in [-0.2, 0) is 4.79 Å². The van der Waals surface area contributed by atoms with Crippen molar-refractivity contribution in [3.63, 3.8) is 0 Å². The van der Waals surface area contributed by atoms with Crippen LogP contribution in [0.15, 0.2) is 18.3 Å². The molecule has 0 spiro atoms. The van der Waals surface area contributed by atoms with Gasteiger partial charge in [0, 0.05) is 18.2 Å². The van der Waals surface area contributed by atoms with Crippen molar-refractivity contribution in [3.8, 4) is 5.88 Å². The molecule has 1 amide bonds. The molecule has 0 aliphatic heterocycles. The molecule has 2 aliphatic rings. The number of rotatable bonds is 5. The molecular weight excluding hydrogens is 280 g/mol. The highest BCUT2D eigenvalue weighted by Crippen LogP contribution is 2.38. The highest BCUT2D eigenvalue weighted by atomic mass is 16.5. The summed E-state index contributed by atoms with van der Waals surface area (Å²) in [6.45, 7) is 0. The van der Waals surface area contributed by atoms with Gasteiger partial charge >= 0.3 is 0 Å². The smallest absolute Gasteiger partial charge is 0.223 e. The molecule has 22 heavy (non-hydrogen) atoms. The van der Waals surface area contributed by atoms with Crippen LogP contribution >= 0.6 is 0 Å². The van der Waals surface area contributed by atoms with E-state index in [1.807, 2.05) is 12.1 Å². The number of aliphatic hydroxyl groups excluding tert-OH is 1. The van der Waals surface area contributed by atoms with Gasteiger partial charge in [0.15, 0.2) is 0 Å². The van der Waals surface area contributed by atoms with Crippen LogP contribution in [0.5, 0.6) is 5.88 Å². The van der Waals surface area contributed by atoms with Crippen molar-refractivity contribution in [2.24, 2.45) is 11.8 Å². The Balaban J connectivity index is 1.72. The van der Waals surface area contributed by atoms with E-state index < -0.39 is 0 Å². The summed E-state index contributed by atoms with van der Waals surface area (Å²) in [5, 5.41) is 12.8. The fourth-order valence-electron chi connectivity index (χ4n) is 3.53. The Labute approximate surface area is 131 Å². The quantitative estimate of drug-likeness (QED) is 0.875. The molecule has 1 aromatic rings. The zero-order chi connectivity index (χ0) is 15.5. The fourth-order valence-corrected chi connectivity index (χ4v) is 3.53. The normalized spacial score (nSPS) is 26.3. The van der Waals surface area contributed by atoms with Crippen molar-refractivity contribution in [2.75, 3.05) is 7.11 Å². The molecule has 1 aromatic heterocycles. The summed E-state index contributed by atoms with van der Waals surface area (Å²) < 4.78 is 5.09. The number of nitrogens with zero attached hydrogens (tertiary/aromatic N) is 1. The monoisotopic (exact) mass is 304 g/mol. The highest BCUT2D eigenvalue weighted by molar-refractivity contribution is 5.79. The molecule has 5 nitrogen and oxygen atoms in total. The number of aliphatic hydroxyl groups is 1. The second-order valence-electron chi connectivity index (χ2n) is 6.49. The summed E-state index contributed by atoms with van der Waals surface area (Å²) in [7, 11) is 1.59. The summed E-state index contributed by atoms with van der Waals surface area (Å²) in [4.78, 5) is 16.7. The van der Waals surface area contributed by atoms with Gasteiger partial charge in [-0.3, -0.25) is 4.79 Å². The highest BCUT2D eigenvalue weighted by Gasteiger charge is 2.37. The molecule has 0 radical (unpaired) electrons. The molecule has 0 bridgehead atoms. The number of amides is 1. The lowest BCUT2D eigenvalue weighted by Gasteiger charge is -2.38. The van der Waals surface area contributed by atoms with E-state index in [0.717, 1.165) is 44.1 Å². The minimum Gasteiger partial charge on any atom is -0.481 e. The summed E-state index contributed by atoms with van der Waals surface area (Å²) in [6, 6.07) is 3.71. The molecule has 2 aliphatic carbocycles. The summed E-state index contributed by atoms with van der Waals surface area (Å²) in [6.07, 6.45) is 7.29. The van der Waals surface area contributed by atoms with Crippen LogP contribution in [0.4, 0.5) is 0 Å². The number of aromatic nitrogens is 1. The third-order valence-corrected chi connectivity index (χ3v) is 4.97. The standard InChI is InChI=1S/C17H24N2O3/c1-22-15-7-6-12(10-18-15)16(13-8-14(20)9-13)19-17(21)11-4-2-3-5-11/h6-7,10-11,13-14,16,20H,2-5,8-9H2,1H3,(H,19,21). The Hall–Kier alpha value is -1.62. The maximum absolute atomic E-state index is 12.5. The van der Waals surface area contributed by atoms with Gasteiger partial charge in [0.25, 0.3) is 0 Å². The molecule has 1 atom stereocenters. The number of carbonyl (C=O) groups excluding carboxylic acids is 1. The van der Waals surface area contributed by atoms with E-state index in [-0.39, 0.29) is 29.9 Å². The first kappa shape index (κ1) is 15.3. The van der Waals surface area contributed by atoms with E-state index in [4.69, 9.17) is 4.74 Å². The summed E-state index contributed by atoms with van der Waals surface area (Å²) in [5.74, 6) is 1.16. The average molecular weight is 304 g/mol. The SMILES string of the molecule is COc1ccc(C(NC(=O)C2CCCC2)C2CC(O)C2)cn1. The van der Waals surface area contributed by atoms with Gasteiger partial charge < -0.3 is 15.2 Å². The van der Waals surface area contributed by atoms with Crippen molar-refractivity contribution in [1.82, 2.24) is 10.3 Å². The van der Waals surface area contributed by atoms with Crippen LogP contribution < -0.4 is 10.1 Å². The molecule has 2 fully saturated rings. The molecule has 5 heteroatoms. The first-order valence-electron chi connectivity index (χ1n) is 8.15. The summed E-state index contributed by atoms with van der Waals surface area (Å²) in [5.41, 5.74) is 0.990. The molecule has 2 N–H and O–H groups in total. The van der Waals surface area contributed by atoms with Crippen LogP contribution in [-0.4, -0.2) is 29.2 Å². The van der Waals surface area contributed by atoms with Gasteiger partial charge in [-0.25, -0.2) is 4.98 Å². The number of pyridine rings is 1. The molecule has 1 heterocycles. The Kier molecular flexibility index (Phi) is 4.62. The average Bonchev–Trinajstić information content (AvgIpc) is 3.04. The van der Waals surface area contributed by atoms with Gasteiger partial charge in [-0.15, -0.1) is 0 Å². The topological polar surface area (TPSA) is 71.5 Å². The van der Waals surface area contributed by atoms with Crippen molar-refractivity contribution in [2.45, 2.75) is 50.7 Å². The minimum absolute atomic E-state index is 0.0603. The first-order chi connectivity index (χ1) is 10.7. The number of ether oxygens (including phenoxy) is 1. The van der Waals surface area contributed by atoms with E-state index in [2.05, 4.69) is 10.3 Å². The van der Waals surface area contributed by atoms with Gasteiger partial charge in [-0.05, 0) is 37.2 Å². The van der Waals surface area contributed by atoms with E-state index in [1.54, 1.807) is 13.3 Å². The van der Waals surface area contributed by atoms with E-state index in [9.17, 15) is 9.90 Å². The predicted molar refractivity (Wildman–Crippen MR) is 82.4 cm³/mol. The Morgan fingerprint density at radius 2 is 2.09 bits per heavy atom. The minimum atomic E-state index is -0.234. The largest absolute Gasteiger partial charge is 0.481 e. The number of hydrogen-bond donors (Lipinski definition) is 2. The Morgan fingerprint density at radius 1 is 1.36 bits per heavy atom. The van der Waals surface area contributed by atoms with Crippen molar-refractivity contribution in [3.05, 3.63) is 23.9 Å². The van der Waals surface area contributed by atoms with Gasteiger partial charge in [-0.1, -0.05) is 18.9 Å². The van der Waals surface area contributed by atoms with E-state index in [0.29, 0.717) is 5.88 Å². The van der Waals surface area contributed by atoms with Crippen molar-refractivity contribution < 1.29 is 14.6 Å². The maximum Gasteiger partial charge on any atom is 0.223 e. The van der Waals surface area contributed by atoms with Crippen molar-refractivity contribution >= 4 is 5.91 Å². The molecule has 1 unspecified atom stereocenters. The third-order valence-electron chi connectivity index (χ3n) is 4.97. The van der Waals surface area contributed by atoms with Gasteiger partial charge in [-0.2, -0.15) is 0 Å². The molecule has 3 rings (SSSR count). The molecule has 120 valence electrons. The van der Waals surface area contributed by atoms with Gasteiger partial charge in [0.1, 0.15) is 0 Å². The zero-order valence-corrected chi connectivity index (χ0v) is 13.0. The second-order valence-corrected chi connectivity index (χ2v) is 6.49. The number of nitrogens with one attached hydrogen (secondary N) is 1. The van der Waals surface area contributed by atoms with Crippen LogP contribution in [0.1, 0.15) is 50.1 Å². The van der Waals surface area contributed by atoms with Gasteiger partial charge in [0.05, 0.1) is 19.3 Å². The second kappa shape index (κ2) is 6.65. The van der Waals surface area contributed by atoms with Gasteiger partial charge in [0.2, 0.25) is 11.8 Å². The predicted octanol–water partition coefficient (Wildman–Crippen LogP) is 2.21. The molecule has 2 saturated carbocycles. The molecule has 0 saturated heterocycles. The Morgan fingerprint density at radius 3 is 2.64 bits per heavy atom. The Bertz CT molecular complexity index is 505. The lowest BCUT2D eigenvalue weighted by atomic mass is 9.75. The molecule has 0 aromatic carbocycles. The van der Waals surface area contributed by atoms with Crippen LogP contribution in [0, 0.1) is 11.8 Å². The maximum atomic E-state index is 12.5. The summed E-state index contributed by atoms with van der Waals surface area (Å²) >= 11 is 0. The van der Waals surface area contributed by atoms with Crippen LogP contribution in [0.3, 0.4) is 0 Å². The van der Waals surface area contributed by atoms with Crippen LogP contribution in [0.25, 0.3) is 0 Å². The first-order valence-corrected chi connectivity index (χ1v) is 8.15. The number of hydrogen-bond acceptors (Lipinski definition) is 4. The molecular formula is C17H24N2O3. The lowest BCUT2D eigenvalue weighted by molar-refractivity contribution is -0.126. The van der Waals surface area contributed by atoms with E-state index in [1.165, 1.54) is 0 Å². The van der Waals surface area contributed by atoms with Crippen LogP contribution in [0.2, 0.25) is 0 Å². The third kappa shape index (κ3) is 3.24.